The van der Waals surface area contributed by atoms with E-state index in [2.05, 4.69) is 22.0 Å². The standard InChI is InChI=1S/C14H17N3O3/c1-3-4-7-19-10(2)14(18)20-9-11-5-6-12-13(8-11)16-17-15-12/h3,5-6,8,10H,1,4,7,9H2,2H3,(H,15,16,17). The van der Waals surface area contributed by atoms with Crippen LogP contribution in [0.3, 0.4) is 0 Å². The number of hydrogen-bond acceptors (Lipinski definition) is 5. The monoisotopic (exact) mass is 275 g/mol. The summed E-state index contributed by atoms with van der Waals surface area (Å²) >= 11 is 0. The minimum absolute atomic E-state index is 0.191. The summed E-state index contributed by atoms with van der Waals surface area (Å²) in [5.74, 6) is -0.380. The number of nitrogens with zero attached hydrogens (tertiary/aromatic N) is 2. The average molecular weight is 275 g/mol. The minimum atomic E-state index is -0.578. The molecule has 2 rings (SSSR count). The van der Waals surface area contributed by atoms with Crippen LogP contribution in [0.25, 0.3) is 11.0 Å². The molecule has 6 nitrogen and oxygen atoms in total. The molecular formula is C14H17N3O3. The van der Waals surface area contributed by atoms with Crippen LogP contribution in [0.1, 0.15) is 18.9 Å². The van der Waals surface area contributed by atoms with Gasteiger partial charge in [-0.05, 0) is 31.0 Å². The number of carbonyl (C=O) groups is 1. The summed E-state index contributed by atoms with van der Waals surface area (Å²) in [4.78, 5) is 11.7. The average Bonchev–Trinajstić information content (AvgIpc) is 2.92. The highest BCUT2D eigenvalue weighted by Gasteiger charge is 2.14. The molecule has 0 fully saturated rings. The first-order valence-corrected chi connectivity index (χ1v) is 6.39. The van der Waals surface area contributed by atoms with Gasteiger partial charge in [-0.3, -0.25) is 0 Å². The lowest BCUT2D eigenvalue weighted by Crippen LogP contribution is -2.23. The van der Waals surface area contributed by atoms with Crippen LogP contribution in [0.4, 0.5) is 0 Å². The number of H-pyrrole nitrogens is 1. The molecule has 0 aliphatic rings. The SMILES string of the molecule is C=CCCOC(C)C(=O)OCc1ccc2n[nH]nc2c1. The third-order valence-corrected chi connectivity index (χ3v) is 2.78. The van der Waals surface area contributed by atoms with Gasteiger partial charge < -0.3 is 9.47 Å². The molecule has 1 atom stereocenters. The maximum atomic E-state index is 11.7. The van der Waals surface area contributed by atoms with Crippen molar-refractivity contribution in [3.63, 3.8) is 0 Å². The Bertz CT molecular complexity index is 594. The highest BCUT2D eigenvalue weighted by molar-refractivity contribution is 5.75. The molecule has 1 aromatic carbocycles. The zero-order chi connectivity index (χ0) is 14.4. The number of carbonyl (C=O) groups excluding carboxylic acids is 1. The molecular weight excluding hydrogens is 258 g/mol. The Kier molecular flexibility index (Phi) is 4.84. The lowest BCUT2D eigenvalue weighted by atomic mass is 10.2. The van der Waals surface area contributed by atoms with E-state index in [1.807, 2.05) is 18.2 Å². The largest absolute Gasteiger partial charge is 0.459 e. The van der Waals surface area contributed by atoms with Gasteiger partial charge >= 0.3 is 5.97 Å². The lowest BCUT2D eigenvalue weighted by Gasteiger charge is -2.12. The van der Waals surface area contributed by atoms with E-state index in [4.69, 9.17) is 9.47 Å². The predicted octanol–water partition coefficient (Wildman–Crippen LogP) is 1.98. The van der Waals surface area contributed by atoms with Crippen molar-refractivity contribution in [3.8, 4) is 0 Å². The molecule has 2 aromatic rings. The maximum Gasteiger partial charge on any atom is 0.335 e. The van der Waals surface area contributed by atoms with Crippen molar-refractivity contribution in [2.75, 3.05) is 6.61 Å². The van der Waals surface area contributed by atoms with Crippen LogP contribution in [-0.4, -0.2) is 34.1 Å². The van der Waals surface area contributed by atoms with Crippen molar-refractivity contribution < 1.29 is 14.3 Å². The number of fused-ring (bicyclic) bond motifs is 1. The summed E-state index contributed by atoms with van der Waals surface area (Å²) in [5, 5.41) is 10.5. The molecule has 0 bridgehead atoms. The summed E-state index contributed by atoms with van der Waals surface area (Å²) in [5.41, 5.74) is 2.38. The van der Waals surface area contributed by atoms with E-state index in [9.17, 15) is 4.79 Å². The summed E-state index contributed by atoms with van der Waals surface area (Å²) in [6.07, 6.45) is 1.87. The summed E-state index contributed by atoms with van der Waals surface area (Å²) < 4.78 is 10.5. The van der Waals surface area contributed by atoms with Crippen LogP contribution in [0.5, 0.6) is 0 Å². The van der Waals surface area contributed by atoms with Gasteiger partial charge in [0, 0.05) is 0 Å². The summed E-state index contributed by atoms with van der Waals surface area (Å²) in [6.45, 7) is 5.92. The molecule has 20 heavy (non-hydrogen) atoms. The first-order chi connectivity index (χ1) is 9.70. The van der Waals surface area contributed by atoms with E-state index < -0.39 is 6.10 Å². The van der Waals surface area contributed by atoms with Crippen LogP contribution in [0, 0.1) is 0 Å². The molecule has 0 amide bonds. The fraction of sp³-hybridized carbons (Fsp3) is 0.357. The van der Waals surface area contributed by atoms with Crippen molar-refractivity contribution >= 4 is 17.0 Å². The van der Waals surface area contributed by atoms with Crippen molar-refractivity contribution in [1.82, 2.24) is 15.4 Å². The molecule has 1 N–H and O–H groups in total. The van der Waals surface area contributed by atoms with Crippen LogP contribution < -0.4 is 0 Å². The maximum absolute atomic E-state index is 11.7. The Balaban J connectivity index is 1.84. The third-order valence-electron chi connectivity index (χ3n) is 2.78. The van der Waals surface area contributed by atoms with E-state index in [-0.39, 0.29) is 12.6 Å². The van der Waals surface area contributed by atoms with Crippen molar-refractivity contribution in [3.05, 3.63) is 36.4 Å². The Morgan fingerprint density at radius 2 is 2.25 bits per heavy atom. The second kappa shape index (κ2) is 6.81. The second-order valence-corrected chi connectivity index (χ2v) is 4.34. The number of esters is 1. The van der Waals surface area contributed by atoms with Gasteiger partial charge in [0.1, 0.15) is 17.6 Å². The number of aromatic nitrogens is 3. The first-order valence-electron chi connectivity index (χ1n) is 6.39. The summed E-state index contributed by atoms with van der Waals surface area (Å²) in [6, 6.07) is 5.50. The highest BCUT2D eigenvalue weighted by Crippen LogP contribution is 2.12. The van der Waals surface area contributed by atoms with E-state index in [1.165, 1.54) is 0 Å². The highest BCUT2D eigenvalue weighted by atomic mass is 16.6. The normalized spacial score (nSPS) is 12.2. The molecule has 1 unspecified atom stereocenters. The van der Waals surface area contributed by atoms with Crippen LogP contribution in [0.15, 0.2) is 30.9 Å². The number of nitrogens with one attached hydrogen (secondary N) is 1. The van der Waals surface area contributed by atoms with E-state index in [0.717, 1.165) is 16.6 Å². The number of ether oxygens (including phenoxy) is 2. The smallest absolute Gasteiger partial charge is 0.335 e. The topological polar surface area (TPSA) is 77.1 Å². The molecule has 0 spiro atoms. The van der Waals surface area contributed by atoms with Crippen LogP contribution >= 0.6 is 0 Å². The number of benzene rings is 1. The van der Waals surface area contributed by atoms with Gasteiger partial charge in [-0.15, -0.1) is 6.58 Å². The van der Waals surface area contributed by atoms with Gasteiger partial charge in [0.05, 0.1) is 6.61 Å². The fourth-order valence-electron chi connectivity index (χ4n) is 1.64. The fourth-order valence-corrected chi connectivity index (χ4v) is 1.64. The number of aromatic amines is 1. The Morgan fingerprint density at radius 3 is 3.05 bits per heavy atom. The van der Waals surface area contributed by atoms with Gasteiger partial charge in [0.25, 0.3) is 0 Å². The predicted molar refractivity (Wildman–Crippen MR) is 73.9 cm³/mol. The number of hydrogen-bond donors (Lipinski definition) is 1. The van der Waals surface area contributed by atoms with Gasteiger partial charge in [-0.1, -0.05) is 12.1 Å². The van der Waals surface area contributed by atoms with E-state index in [1.54, 1.807) is 13.0 Å². The first kappa shape index (κ1) is 14.2. The van der Waals surface area contributed by atoms with Crippen molar-refractivity contribution in [2.45, 2.75) is 26.1 Å². The molecule has 0 saturated heterocycles. The second-order valence-electron chi connectivity index (χ2n) is 4.34. The van der Waals surface area contributed by atoms with Gasteiger partial charge in [0.15, 0.2) is 6.10 Å². The zero-order valence-corrected chi connectivity index (χ0v) is 11.3. The quantitative estimate of drug-likeness (QED) is 0.475. The zero-order valence-electron chi connectivity index (χ0n) is 11.3. The Labute approximate surface area is 116 Å². The van der Waals surface area contributed by atoms with Gasteiger partial charge in [-0.25, -0.2) is 4.79 Å². The molecule has 1 heterocycles. The number of rotatable bonds is 7. The van der Waals surface area contributed by atoms with Crippen LogP contribution in [0.2, 0.25) is 0 Å². The molecule has 6 heteroatoms. The minimum Gasteiger partial charge on any atom is -0.459 e. The molecule has 106 valence electrons. The molecule has 1 aromatic heterocycles. The van der Waals surface area contributed by atoms with Crippen LogP contribution in [-0.2, 0) is 20.9 Å². The van der Waals surface area contributed by atoms with Crippen molar-refractivity contribution in [2.24, 2.45) is 0 Å². The Hall–Kier alpha value is -2.21. The lowest BCUT2D eigenvalue weighted by molar-refractivity contribution is -0.157. The van der Waals surface area contributed by atoms with E-state index >= 15 is 0 Å². The van der Waals surface area contributed by atoms with Gasteiger partial charge in [0.2, 0.25) is 0 Å². The molecule has 0 radical (unpaired) electrons. The Morgan fingerprint density at radius 1 is 1.45 bits per heavy atom. The molecule has 0 aliphatic carbocycles. The molecule has 0 aliphatic heterocycles. The van der Waals surface area contributed by atoms with Crippen molar-refractivity contribution in [1.29, 1.82) is 0 Å². The molecule has 0 saturated carbocycles. The van der Waals surface area contributed by atoms with Gasteiger partial charge in [-0.2, -0.15) is 15.4 Å². The van der Waals surface area contributed by atoms with E-state index in [0.29, 0.717) is 13.0 Å². The third kappa shape index (κ3) is 3.64. The summed E-state index contributed by atoms with van der Waals surface area (Å²) in [7, 11) is 0.